The zero-order valence-electron chi connectivity index (χ0n) is 12.1. The SMILES string of the molecule is CN1C[C@@H]2CN(C(=O)c3nc4c(F)cc(Cl)cc4[nH]3)C[C@@H]2C1. The second-order valence-electron chi connectivity index (χ2n) is 6.32. The van der Waals surface area contributed by atoms with Crippen LogP contribution in [0.2, 0.25) is 5.02 Å². The molecule has 1 aromatic carbocycles. The van der Waals surface area contributed by atoms with Gasteiger partial charge in [-0.2, -0.15) is 0 Å². The predicted molar refractivity (Wildman–Crippen MR) is 81.4 cm³/mol. The van der Waals surface area contributed by atoms with Crippen molar-refractivity contribution in [3.05, 3.63) is 28.8 Å². The van der Waals surface area contributed by atoms with E-state index in [0.29, 0.717) is 17.4 Å². The average molecular weight is 323 g/mol. The monoisotopic (exact) mass is 322 g/mol. The maximum absolute atomic E-state index is 13.8. The Morgan fingerprint density at radius 1 is 1.32 bits per heavy atom. The van der Waals surface area contributed by atoms with Crippen LogP contribution in [-0.4, -0.2) is 58.9 Å². The van der Waals surface area contributed by atoms with Crippen molar-refractivity contribution in [2.45, 2.75) is 0 Å². The number of imidazole rings is 1. The molecule has 2 aliphatic heterocycles. The number of H-pyrrole nitrogens is 1. The van der Waals surface area contributed by atoms with Crippen molar-refractivity contribution in [2.75, 3.05) is 33.2 Å². The number of nitrogens with one attached hydrogen (secondary N) is 1. The first kappa shape index (κ1) is 14.0. The number of nitrogens with zero attached hydrogens (tertiary/aromatic N) is 3. The number of fused-ring (bicyclic) bond motifs is 2. The van der Waals surface area contributed by atoms with Gasteiger partial charge >= 0.3 is 0 Å². The van der Waals surface area contributed by atoms with Gasteiger partial charge in [-0.1, -0.05) is 11.6 Å². The highest BCUT2D eigenvalue weighted by molar-refractivity contribution is 6.31. The Labute approximate surface area is 132 Å². The van der Waals surface area contributed by atoms with Crippen LogP contribution in [0.3, 0.4) is 0 Å². The second-order valence-corrected chi connectivity index (χ2v) is 6.76. The van der Waals surface area contributed by atoms with Crippen LogP contribution in [0.15, 0.2) is 12.1 Å². The molecule has 5 nitrogen and oxygen atoms in total. The van der Waals surface area contributed by atoms with Gasteiger partial charge in [-0.3, -0.25) is 4.79 Å². The third-order valence-electron chi connectivity index (χ3n) is 4.66. The number of rotatable bonds is 1. The van der Waals surface area contributed by atoms with Crippen LogP contribution in [0, 0.1) is 17.7 Å². The fraction of sp³-hybridized carbons (Fsp3) is 0.467. The van der Waals surface area contributed by atoms with Crippen molar-refractivity contribution in [2.24, 2.45) is 11.8 Å². The van der Waals surface area contributed by atoms with Crippen LogP contribution in [0.1, 0.15) is 10.6 Å². The van der Waals surface area contributed by atoms with Crippen molar-refractivity contribution in [3.63, 3.8) is 0 Å². The lowest BCUT2D eigenvalue weighted by Crippen LogP contribution is -2.32. The molecular formula is C15H16ClFN4O. The molecule has 1 amide bonds. The van der Waals surface area contributed by atoms with Crippen LogP contribution in [0.4, 0.5) is 4.39 Å². The Balaban J connectivity index is 1.60. The number of aromatic amines is 1. The van der Waals surface area contributed by atoms with Crippen LogP contribution < -0.4 is 0 Å². The molecule has 4 rings (SSSR count). The quantitative estimate of drug-likeness (QED) is 0.873. The molecule has 7 heteroatoms. The topological polar surface area (TPSA) is 52.2 Å². The first-order valence-corrected chi connectivity index (χ1v) is 7.71. The van der Waals surface area contributed by atoms with Gasteiger partial charge in [0, 0.05) is 31.2 Å². The van der Waals surface area contributed by atoms with E-state index in [1.807, 2.05) is 4.90 Å². The van der Waals surface area contributed by atoms with Crippen molar-refractivity contribution >= 4 is 28.5 Å². The Bertz CT molecular complexity index is 747. The molecule has 0 unspecified atom stereocenters. The zero-order chi connectivity index (χ0) is 15.4. The van der Waals surface area contributed by atoms with Crippen LogP contribution in [-0.2, 0) is 0 Å². The predicted octanol–water partition coefficient (Wildman–Crippen LogP) is 1.99. The number of carbonyl (C=O) groups excluding carboxylic acids is 1. The zero-order valence-corrected chi connectivity index (χ0v) is 12.9. The van der Waals surface area contributed by atoms with Crippen molar-refractivity contribution < 1.29 is 9.18 Å². The Morgan fingerprint density at radius 2 is 2.00 bits per heavy atom. The van der Waals surface area contributed by atoms with E-state index in [1.54, 1.807) is 6.07 Å². The standard InChI is InChI=1S/C15H16ClFN4O/c1-20-4-8-6-21(7-9(8)5-20)15(22)14-18-12-3-10(16)2-11(17)13(12)19-14/h2-3,8-9H,4-7H2,1H3,(H,18,19)/t8-,9+. The Hall–Kier alpha value is -1.66. The molecule has 0 spiro atoms. The number of hydrogen-bond donors (Lipinski definition) is 1. The molecule has 22 heavy (non-hydrogen) atoms. The maximum Gasteiger partial charge on any atom is 0.289 e. The molecule has 0 aliphatic carbocycles. The number of likely N-dealkylation sites (tertiary alicyclic amines) is 2. The van der Waals surface area contributed by atoms with Crippen LogP contribution >= 0.6 is 11.6 Å². The molecule has 0 radical (unpaired) electrons. The first-order chi connectivity index (χ1) is 10.5. The summed E-state index contributed by atoms with van der Waals surface area (Å²) >= 11 is 5.83. The Kier molecular flexibility index (Phi) is 3.13. The van der Waals surface area contributed by atoms with Gasteiger partial charge in [0.05, 0.1) is 5.52 Å². The minimum absolute atomic E-state index is 0.159. The summed E-state index contributed by atoms with van der Waals surface area (Å²) in [5.74, 6) is 0.569. The van der Waals surface area contributed by atoms with Gasteiger partial charge in [0.25, 0.3) is 5.91 Å². The molecule has 2 aliphatic rings. The molecule has 2 atom stereocenters. The number of aromatic nitrogens is 2. The van der Waals surface area contributed by atoms with E-state index in [4.69, 9.17) is 11.6 Å². The van der Waals surface area contributed by atoms with Gasteiger partial charge in [0.2, 0.25) is 0 Å². The lowest BCUT2D eigenvalue weighted by molar-refractivity contribution is 0.0765. The summed E-state index contributed by atoms with van der Waals surface area (Å²) in [7, 11) is 2.11. The van der Waals surface area contributed by atoms with Crippen molar-refractivity contribution in [1.82, 2.24) is 19.8 Å². The summed E-state index contributed by atoms with van der Waals surface area (Å²) in [6.07, 6.45) is 0. The molecule has 3 heterocycles. The number of amides is 1. The van der Waals surface area contributed by atoms with Gasteiger partial charge in [-0.15, -0.1) is 0 Å². The average Bonchev–Trinajstić information content (AvgIpc) is 3.09. The molecule has 1 N–H and O–H groups in total. The summed E-state index contributed by atoms with van der Waals surface area (Å²) in [6, 6.07) is 2.78. The number of hydrogen-bond acceptors (Lipinski definition) is 3. The van der Waals surface area contributed by atoms with E-state index in [-0.39, 0.29) is 22.3 Å². The Morgan fingerprint density at radius 3 is 2.68 bits per heavy atom. The van der Waals surface area contributed by atoms with Gasteiger partial charge in [0.1, 0.15) is 5.52 Å². The largest absolute Gasteiger partial charge is 0.335 e. The number of carbonyl (C=O) groups is 1. The van der Waals surface area contributed by atoms with Gasteiger partial charge < -0.3 is 14.8 Å². The second kappa shape index (κ2) is 4.93. The lowest BCUT2D eigenvalue weighted by Gasteiger charge is -2.18. The molecule has 1 aromatic heterocycles. The number of halogens is 2. The molecule has 0 bridgehead atoms. The molecule has 2 aromatic rings. The minimum Gasteiger partial charge on any atom is -0.335 e. The molecular weight excluding hydrogens is 307 g/mol. The van der Waals surface area contributed by atoms with E-state index in [2.05, 4.69) is 21.9 Å². The van der Waals surface area contributed by atoms with E-state index in [9.17, 15) is 9.18 Å². The van der Waals surface area contributed by atoms with Crippen molar-refractivity contribution in [1.29, 1.82) is 0 Å². The summed E-state index contributed by atoms with van der Waals surface area (Å²) in [4.78, 5) is 23.7. The third kappa shape index (κ3) is 2.18. The highest BCUT2D eigenvalue weighted by Crippen LogP contribution is 2.31. The molecule has 2 fully saturated rings. The van der Waals surface area contributed by atoms with Gasteiger partial charge in [-0.05, 0) is 31.0 Å². The maximum atomic E-state index is 13.8. The highest BCUT2D eigenvalue weighted by Gasteiger charge is 2.41. The first-order valence-electron chi connectivity index (χ1n) is 7.34. The summed E-state index contributed by atoms with van der Waals surface area (Å²) < 4.78 is 13.8. The number of benzene rings is 1. The fourth-order valence-corrected chi connectivity index (χ4v) is 3.89. The van der Waals surface area contributed by atoms with E-state index < -0.39 is 5.82 Å². The van der Waals surface area contributed by atoms with Crippen molar-refractivity contribution in [3.8, 4) is 0 Å². The van der Waals surface area contributed by atoms with Crippen LogP contribution in [0.25, 0.3) is 11.0 Å². The van der Waals surface area contributed by atoms with Crippen LogP contribution in [0.5, 0.6) is 0 Å². The minimum atomic E-state index is -0.516. The molecule has 2 saturated heterocycles. The van der Waals surface area contributed by atoms with E-state index >= 15 is 0 Å². The molecule has 0 saturated carbocycles. The smallest absolute Gasteiger partial charge is 0.289 e. The van der Waals surface area contributed by atoms with E-state index in [0.717, 1.165) is 26.2 Å². The third-order valence-corrected chi connectivity index (χ3v) is 4.88. The fourth-order valence-electron chi connectivity index (χ4n) is 3.69. The lowest BCUT2D eigenvalue weighted by atomic mass is 10.0. The highest BCUT2D eigenvalue weighted by atomic mass is 35.5. The summed E-state index contributed by atoms with van der Waals surface area (Å²) in [5, 5.41) is 0.284. The molecule has 116 valence electrons. The summed E-state index contributed by atoms with van der Waals surface area (Å²) in [6.45, 7) is 3.54. The normalized spacial score (nSPS) is 25.1. The van der Waals surface area contributed by atoms with Gasteiger partial charge in [0.15, 0.2) is 11.6 Å². The van der Waals surface area contributed by atoms with Gasteiger partial charge in [-0.25, -0.2) is 9.37 Å². The van der Waals surface area contributed by atoms with E-state index in [1.165, 1.54) is 6.07 Å². The summed E-state index contributed by atoms with van der Waals surface area (Å²) in [5.41, 5.74) is 0.611.